The van der Waals surface area contributed by atoms with Crippen LogP contribution in [0.5, 0.6) is 0 Å². The van der Waals surface area contributed by atoms with E-state index < -0.39 is 28.5 Å². The number of anilines is 1. The molecule has 202 valence electrons. The van der Waals surface area contributed by atoms with Gasteiger partial charge in [0.1, 0.15) is 12.6 Å². The van der Waals surface area contributed by atoms with Crippen molar-refractivity contribution in [3.05, 3.63) is 94.0 Å². The molecule has 1 atom stereocenters. The van der Waals surface area contributed by atoms with Gasteiger partial charge in [-0.15, -0.1) is 0 Å². The topological polar surface area (TPSA) is 86.8 Å². The Kier molecular flexibility index (Phi) is 10.1. The van der Waals surface area contributed by atoms with E-state index in [2.05, 4.69) is 21.2 Å². The van der Waals surface area contributed by atoms with Crippen LogP contribution in [0.1, 0.15) is 37.0 Å². The highest BCUT2D eigenvalue weighted by Crippen LogP contribution is 2.26. The zero-order chi connectivity index (χ0) is 27.9. The van der Waals surface area contributed by atoms with Crippen LogP contribution in [0.4, 0.5) is 5.69 Å². The summed E-state index contributed by atoms with van der Waals surface area (Å²) in [5.74, 6) is -0.741. The first-order valence-corrected chi connectivity index (χ1v) is 14.8. The number of rotatable bonds is 11. The van der Waals surface area contributed by atoms with E-state index in [1.807, 2.05) is 52.0 Å². The molecule has 0 aromatic heterocycles. The fraction of sp³-hybridized carbons (Fsp3) is 0.310. The molecule has 0 heterocycles. The lowest BCUT2D eigenvalue weighted by molar-refractivity contribution is -0.140. The van der Waals surface area contributed by atoms with Crippen LogP contribution in [0.15, 0.2) is 82.2 Å². The van der Waals surface area contributed by atoms with Gasteiger partial charge < -0.3 is 10.2 Å². The van der Waals surface area contributed by atoms with Gasteiger partial charge in [-0.2, -0.15) is 0 Å². The number of aryl methyl sites for hydroxylation is 2. The second-order valence-electron chi connectivity index (χ2n) is 9.13. The summed E-state index contributed by atoms with van der Waals surface area (Å²) < 4.78 is 29.5. The number of nitrogens with one attached hydrogen (secondary N) is 1. The van der Waals surface area contributed by atoms with E-state index in [1.165, 1.54) is 17.0 Å². The number of likely N-dealkylation sites (N-methyl/N-ethyl adjacent to an activating group) is 1. The van der Waals surface area contributed by atoms with Crippen molar-refractivity contribution in [1.82, 2.24) is 10.2 Å². The van der Waals surface area contributed by atoms with Crippen LogP contribution >= 0.6 is 15.9 Å². The molecule has 2 amide bonds. The Labute approximate surface area is 234 Å². The van der Waals surface area contributed by atoms with Crippen molar-refractivity contribution in [2.75, 3.05) is 17.4 Å². The van der Waals surface area contributed by atoms with Crippen LogP contribution in [-0.4, -0.2) is 44.3 Å². The highest BCUT2D eigenvalue weighted by molar-refractivity contribution is 9.10. The van der Waals surface area contributed by atoms with Gasteiger partial charge in [-0.05, 0) is 69.2 Å². The third-order valence-electron chi connectivity index (χ3n) is 6.21. The number of sulfonamides is 1. The number of amides is 2. The van der Waals surface area contributed by atoms with Gasteiger partial charge in [0.05, 0.1) is 10.6 Å². The quantitative estimate of drug-likeness (QED) is 0.328. The summed E-state index contributed by atoms with van der Waals surface area (Å²) in [7, 11) is -4.08. The molecule has 0 fully saturated rings. The molecule has 0 saturated carbocycles. The Morgan fingerprint density at radius 1 is 0.868 bits per heavy atom. The zero-order valence-corrected chi connectivity index (χ0v) is 24.6. The summed E-state index contributed by atoms with van der Waals surface area (Å²) in [6.45, 7) is 7.65. The summed E-state index contributed by atoms with van der Waals surface area (Å²) in [5, 5.41) is 2.81. The summed E-state index contributed by atoms with van der Waals surface area (Å²) in [5.41, 5.74) is 3.20. The maximum Gasteiger partial charge on any atom is 0.264 e. The van der Waals surface area contributed by atoms with Crippen LogP contribution < -0.4 is 9.62 Å². The molecule has 38 heavy (non-hydrogen) atoms. The molecular weight excluding hydrogens is 566 g/mol. The van der Waals surface area contributed by atoms with Crippen molar-refractivity contribution in [2.45, 2.75) is 51.6 Å². The lowest BCUT2D eigenvalue weighted by Gasteiger charge is -2.33. The molecule has 0 saturated heterocycles. The van der Waals surface area contributed by atoms with E-state index in [-0.39, 0.29) is 17.3 Å². The second kappa shape index (κ2) is 13.1. The number of benzene rings is 3. The van der Waals surface area contributed by atoms with E-state index in [4.69, 9.17) is 0 Å². The van der Waals surface area contributed by atoms with Gasteiger partial charge in [-0.25, -0.2) is 8.42 Å². The Morgan fingerprint density at radius 2 is 1.42 bits per heavy atom. The summed E-state index contributed by atoms with van der Waals surface area (Å²) >= 11 is 3.39. The number of nitrogens with zero attached hydrogens (tertiary/aromatic N) is 2. The molecule has 3 aromatic rings. The summed E-state index contributed by atoms with van der Waals surface area (Å²) in [6, 6.07) is 20.2. The van der Waals surface area contributed by atoms with Crippen LogP contribution in [-0.2, 0) is 26.2 Å². The zero-order valence-electron chi connectivity index (χ0n) is 22.1. The number of carbonyl (C=O) groups is 2. The minimum Gasteiger partial charge on any atom is -0.355 e. The first-order valence-electron chi connectivity index (χ1n) is 12.5. The van der Waals surface area contributed by atoms with Gasteiger partial charge in [0.25, 0.3) is 10.0 Å². The fourth-order valence-corrected chi connectivity index (χ4v) is 5.75. The third-order valence-corrected chi connectivity index (χ3v) is 8.53. The van der Waals surface area contributed by atoms with E-state index in [1.54, 1.807) is 36.4 Å². The van der Waals surface area contributed by atoms with Gasteiger partial charge in [0.2, 0.25) is 11.8 Å². The van der Waals surface area contributed by atoms with Crippen molar-refractivity contribution in [3.63, 3.8) is 0 Å². The molecule has 0 aliphatic carbocycles. The van der Waals surface area contributed by atoms with E-state index in [0.717, 1.165) is 25.5 Å². The average molecular weight is 601 g/mol. The number of hydrogen-bond acceptors (Lipinski definition) is 4. The molecule has 0 aliphatic heterocycles. The van der Waals surface area contributed by atoms with Crippen molar-refractivity contribution < 1.29 is 18.0 Å². The van der Waals surface area contributed by atoms with Crippen LogP contribution in [0, 0.1) is 13.8 Å². The summed E-state index contributed by atoms with van der Waals surface area (Å²) in [4.78, 5) is 28.5. The number of carbonyl (C=O) groups excluding carboxylic acids is 2. The highest BCUT2D eigenvalue weighted by atomic mass is 79.9. The maximum absolute atomic E-state index is 13.9. The van der Waals surface area contributed by atoms with Crippen molar-refractivity contribution in [3.8, 4) is 0 Å². The molecule has 0 unspecified atom stereocenters. The minimum absolute atomic E-state index is 0.0830. The Hall–Kier alpha value is -3.17. The van der Waals surface area contributed by atoms with Gasteiger partial charge in [-0.1, -0.05) is 70.4 Å². The van der Waals surface area contributed by atoms with Gasteiger partial charge in [0.15, 0.2) is 0 Å². The van der Waals surface area contributed by atoms with Crippen molar-refractivity contribution >= 4 is 43.5 Å². The predicted octanol–water partition coefficient (Wildman–Crippen LogP) is 5.20. The Bertz CT molecular complexity index is 1340. The smallest absolute Gasteiger partial charge is 0.264 e. The van der Waals surface area contributed by atoms with E-state index in [9.17, 15) is 18.0 Å². The molecule has 0 spiro atoms. The van der Waals surface area contributed by atoms with Gasteiger partial charge >= 0.3 is 0 Å². The third kappa shape index (κ3) is 7.23. The molecule has 0 radical (unpaired) electrons. The minimum atomic E-state index is -4.08. The van der Waals surface area contributed by atoms with Crippen LogP contribution in [0.25, 0.3) is 0 Å². The summed E-state index contributed by atoms with van der Waals surface area (Å²) in [6.07, 6.45) is 0.381. The van der Waals surface area contributed by atoms with Crippen molar-refractivity contribution in [1.29, 1.82) is 0 Å². The number of hydrogen-bond donors (Lipinski definition) is 1. The molecule has 0 bridgehead atoms. The molecule has 3 aromatic carbocycles. The first-order chi connectivity index (χ1) is 18.1. The molecule has 3 rings (SSSR count). The number of halogens is 1. The normalized spacial score (nSPS) is 12.0. The van der Waals surface area contributed by atoms with Gasteiger partial charge in [-0.3, -0.25) is 13.9 Å². The Morgan fingerprint density at radius 3 is 1.95 bits per heavy atom. The molecule has 0 aliphatic rings. The standard InChI is InChI=1S/C29H34BrN3O4S/c1-5-27(29(35)31-6-2)32(19-23-11-7-21(3)8-12-23)28(34)20-33(25-15-13-24(30)14-16-25)38(36,37)26-17-9-22(4)10-18-26/h7-18,27H,5-6,19-20H2,1-4H3,(H,31,35)/t27-/m0/s1. The van der Waals surface area contributed by atoms with E-state index in [0.29, 0.717) is 18.7 Å². The predicted molar refractivity (Wildman–Crippen MR) is 154 cm³/mol. The average Bonchev–Trinajstić information content (AvgIpc) is 2.89. The van der Waals surface area contributed by atoms with Crippen LogP contribution in [0.2, 0.25) is 0 Å². The van der Waals surface area contributed by atoms with Crippen molar-refractivity contribution in [2.24, 2.45) is 0 Å². The molecule has 7 nitrogen and oxygen atoms in total. The lowest BCUT2D eigenvalue weighted by atomic mass is 10.1. The van der Waals surface area contributed by atoms with E-state index >= 15 is 0 Å². The highest BCUT2D eigenvalue weighted by Gasteiger charge is 2.33. The molecule has 9 heteroatoms. The molecule has 1 N–H and O–H groups in total. The molecular formula is C29H34BrN3O4S. The fourth-order valence-electron chi connectivity index (χ4n) is 4.08. The monoisotopic (exact) mass is 599 g/mol. The maximum atomic E-state index is 13.9. The Balaban J connectivity index is 2.04. The largest absolute Gasteiger partial charge is 0.355 e. The SMILES string of the molecule is CCNC(=O)[C@H](CC)N(Cc1ccc(C)cc1)C(=O)CN(c1ccc(Br)cc1)S(=O)(=O)c1ccc(C)cc1. The second-order valence-corrected chi connectivity index (χ2v) is 11.9. The van der Waals surface area contributed by atoms with Gasteiger partial charge in [0, 0.05) is 17.6 Å². The first kappa shape index (κ1) is 29.4. The lowest BCUT2D eigenvalue weighted by Crippen LogP contribution is -2.52. The van der Waals surface area contributed by atoms with Crippen LogP contribution in [0.3, 0.4) is 0 Å².